The molecule has 1 heteroatoms. The molecule has 1 aliphatic carbocycles. The van der Waals surface area contributed by atoms with Crippen molar-refractivity contribution in [3.63, 3.8) is 0 Å². The average molecular weight is 212 g/mol. The minimum Gasteiger partial charge on any atom is -0.393 e. The van der Waals surface area contributed by atoms with E-state index in [0.29, 0.717) is 11.3 Å². The molecular formula is C14H28O. The molecule has 1 rings (SSSR count). The third-order valence-corrected chi connectivity index (χ3v) is 4.15. The van der Waals surface area contributed by atoms with E-state index < -0.39 is 0 Å². The second kappa shape index (κ2) is 4.08. The highest BCUT2D eigenvalue weighted by atomic mass is 16.3. The lowest BCUT2D eigenvalue weighted by atomic mass is 9.62. The maximum absolute atomic E-state index is 10.1. The Morgan fingerprint density at radius 3 is 1.80 bits per heavy atom. The lowest BCUT2D eigenvalue weighted by Crippen LogP contribution is -2.40. The summed E-state index contributed by atoms with van der Waals surface area (Å²) in [5.41, 5.74) is 0.632. The SMILES string of the molecule is CC(C)(C)[C@@H]1CC[C@H](O)[C@@H](C(C)(C)C)C1. The first-order valence-electron chi connectivity index (χ1n) is 6.30. The standard InChI is InChI=1S/C14H28O/c1-13(2,3)10-7-8-12(15)11(9-10)14(4,5)6/h10-12,15H,7-9H2,1-6H3/t10-,11+,12+/m1/s1. The van der Waals surface area contributed by atoms with E-state index in [-0.39, 0.29) is 11.5 Å². The smallest absolute Gasteiger partial charge is 0.0573 e. The third kappa shape index (κ3) is 3.21. The Morgan fingerprint density at radius 1 is 0.867 bits per heavy atom. The zero-order valence-corrected chi connectivity index (χ0v) is 11.3. The predicted molar refractivity (Wildman–Crippen MR) is 65.7 cm³/mol. The van der Waals surface area contributed by atoms with Gasteiger partial charge >= 0.3 is 0 Å². The molecule has 0 heterocycles. The van der Waals surface area contributed by atoms with Gasteiger partial charge in [0.25, 0.3) is 0 Å². The molecular weight excluding hydrogens is 184 g/mol. The largest absolute Gasteiger partial charge is 0.393 e. The molecule has 0 amide bonds. The number of hydrogen-bond acceptors (Lipinski definition) is 1. The average Bonchev–Trinajstić information content (AvgIpc) is 2.00. The summed E-state index contributed by atoms with van der Waals surface area (Å²) in [6, 6.07) is 0. The summed E-state index contributed by atoms with van der Waals surface area (Å²) in [4.78, 5) is 0. The Balaban J connectivity index is 2.73. The number of aliphatic hydroxyl groups is 1. The highest BCUT2D eigenvalue weighted by Gasteiger charge is 2.40. The van der Waals surface area contributed by atoms with Crippen LogP contribution >= 0.6 is 0 Å². The normalized spacial score (nSPS) is 34.2. The molecule has 0 aromatic heterocycles. The zero-order chi connectivity index (χ0) is 11.9. The summed E-state index contributed by atoms with van der Waals surface area (Å²) < 4.78 is 0. The van der Waals surface area contributed by atoms with E-state index >= 15 is 0 Å². The first-order valence-corrected chi connectivity index (χ1v) is 6.30. The molecule has 1 nitrogen and oxygen atoms in total. The summed E-state index contributed by atoms with van der Waals surface area (Å²) in [5.74, 6) is 1.24. The monoisotopic (exact) mass is 212 g/mol. The Morgan fingerprint density at radius 2 is 1.40 bits per heavy atom. The Hall–Kier alpha value is -0.0400. The van der Waals surface area contributed by atoms with E-state index in [1.807, 2.05) is 0 Å². The van der Waals surface area contributed by atoms with Crippen LogP contribution < -0.4 is 0 Å². The highest BCUT2D eigenvalue weighted by Crippen LogP contribution is 2.46. The van der Waals surface area contributed by atoms with Crippen molar-refractivity contribution in [3.05, 3.63) is 0 Å². The van der Waals surface area contributed by atoms with Crippen molar-refractivity contribution >= 4 is 0 Å². The van der Waals surface area contributed by atoms with Crippen molar-refractivity contribution in [3.8, 4) is 0 Å². The van der Waals surface area contributed by atoms with Crippen LogP contribution in [0.5, 0.6) is 0 Å². The lowest BCUT2D eigenvalue weighted by Gasteiger charge is -2.45. The molecule has 0 bridgehead atoms. The quantitative estimate of drug-likeness (QED) is 0.646. The van der Waals surface area contributed by atoms with Gasteiger partial charge < -0.3 is 5.11 Å². The molecule has 0 aromatic rings. The Labute approximate surface area is 95.3 Å². The summed E-state index contributed by atoms with van der Waals surface area (Å²) in [6.07, 6.45) is 3.29. The fourth-order valence-corrected chi connectivity index (χ4v) is 2.87. The summed E-state index contributed by atoms with van der Waals surface area (Å²) >= 11 is 0. The lowest BCUT2D eigenvalue weighted by molar-refractivity contribution is -0.0288. The van der Waals surface area contributed by atoms with E-state index in [4.69, 9.17) is 0 Å². The number of rotatable bonds is 0. The van der Waals surface area contributed by atoms with Gasteiger partial charge in [-0.25, -0.2) is 0 Å². The van der Waals surface area contributed by atoms with Gasteiger partial charge in [0.1, 0.15) is 0 Å². The highest BCUT2D eigenvalue weighted by molar-refractivity contribution is 4.90. The minimum absolute atomic E-state index is 0.0800. The van der Waals surface area contributed by atoms with E-state index in [1.165, 1.54) is 12.8 Å². The maximum Gasteiger partial charge on any atom is 0.0573 e. The molecule has 0 radical (unpaired) electrons. The van der Waals surface area contributed by atoms with Gasteiger partial charge in [0.15, 0.2) is 0 Å². The summed E-state index contributed by atoms with van der Waals surface area (Å²) in [7, 11) is 0. The van der Waals surface area contributed by atoms with Crippen LogP contribution in [0.1, 0.15) is 60.8 Å². The van der Waals surface area contributed by atoms with Crippen LogP contribution in [0.25, 0.3) is 0 Å². The zero-order valence-electron chi connectivity index (χ0n) is 11.3. The fraction of sp³-hybridized carbons (Fsp3) is 1.00. The topological polar surface area (TPSA) is 20.2 Å². The van der Waals surface area contributed by atoms with E-state index in [0.717, 1.165) is 12.3 Å². The Kier molecular flexibility index (Phi) is 3.55. The van der Waals surface area contributed by atoms with Gasteiger partial charge in [-0.3, -0.25) is 0 Å². The molecule has 3 atom stereocenters. The van der Waals surface area contributed by atoms with Crippen LogP contribution in [0.15, 0.2) is 0 Å². The van der Waals surface area contributed by atoms with Gasteiger partial charge in [0, 0.05) is 0 Å². The van der Waals surface area contributed by atoms with Crippen LogP contribution in [-0.2, 0) is 0 Å². The first-order chi connectivity index (χ1) is 6.62. The van der Waals surface area contributed by atoms with E-state index in [9.17, 15) is 5.11 Å². The van der Waals surface area contributed by atoms with Crippen molar-refractivity contribution in [1.82, 2.24) is 0 Å². The van der Waals surface area contributed by atoms with Gasteiger partial charge in [-0.1, -0.05) is 41.5 Å². The minimum atomic E-state index is -0.0800. The van der Waals surface area contributed by atoms with Crippen molar-refractivity contribution in [2.24, 2.45) is 22.7 Å². The van der Waals surface area contributed by atoms with Crippen LogP contribution in [0.3, 0.4) is 0 Å². The van der Waals surface area contributed by atoms with Gasteiger partial charge in [-0.15, -0.1) is 0 Å². The van der Waals surface area contributed by atoms with Crippen LogP contribution in [-0.4, -0.2) is 11.2 Å². The van der Waals surface area contributed by atoms with Crippen LogP contribution in [0.4, 0.5) is 0 Å². The second-order valence-corrected chi connectivity index (χ2v) is 7.42. The molecule has 90 valence electrons. The maximum atomic E-state index is 10.1. The molecule has 0 spiro atoms. The fourth-order valence-electron chi connectivity index (χ4n) is 2.87. The number of hydrogen-bond donors (Lipinski definition) is 1. The number of aliphatic hydroxyl groups excluding tert-OH is 1. The molecule has 0 unspecified atom stereocenters. The predicted octanol–water partition coefficient (Wildman–Crippen LogP) is 3.86. The Bertz CT molecular complexity index is 206. The van der Waals surface area contributed by atoms with Gasteiger partial charge in [-0.05, 0) is 41.9 Å². The first kappa shape index (κ1) is 13.0. The molecule has 1 saturated carbocycles. The molecule has 0 saturated heterocycles. The second-order valence-electron chi connectivity index (χ2n) is 7.42. The molecule has 1 N–H and O–H groups in total. The third-order valence-electron chi connectivity index (χ3n) is 4.15. The van der Waals surface area contributed by atoms with Crippen molar-refractivity contribution in [1.29, 1.82) is 0 Å². The summed E-state index contributed by atoms with van der Waals surface area (Å²) in [5, 5.41) is 10.1. The molecule has 1 fully saturated rings. The van der Waals surface area contributed by atoms with E-state index in [2.05, 4.69) is 41.5 Å². The molecule has 15 heavy (non-hydrogen) atoms. The van der Waals surface area contributed by atoms with Gasteiger partial charge in [0.05, 0.1) is 6.10 Å². The summed E-state index contributed by atoms with van der Waals surface area (Å²) in [6.45, 7) is 13.8. The van der Waals surface area contributed by atoms with Crippen molar-refractivity contribution in [2.75, 3.05) is 0 Å². The van der Waals surface area contributed by atoms with Crippen molar-refractivity contribution < 1.29 is 5.11 Å². The van der Waals surface area contributed by atoms with Gasteiger partial charge in [-0.2, -0.15) is 0 Å². The van der Waals surface area contributed by atoms with E-state index in [1.54, 1.807) is 0 Å². The van der Waals surface area contributed by atoms with Crippen molar-refractivity contribution in [2.45, 2.75) is 66.9 Å². The van der Waals surface area contributed by atoms with Crippen LogP contribution in [0.2, 0.25) is 0 Å². The van der Waals surface area contributed by atoms with Gasteiger partial charge in [0.2, 0.25) is 0 Å². The van der Waals surface area contributed by atoms with Crippen LogP contribution in [0, 0.1) is 22.7 Å². The molecule has 1 aliphatic rings. The molecule has 0 aromatic carbocycles. The molecule has 0 aliphatic heterocycles.